The molecule has 2 fully saturated rings. The molecule has 0 aromatic carbocycles. The van der Waals surface area contributed by atoms with E-state index in [0.29, 0.717) is 6.04 Å². The monoisotopic (exact) mass is 262 g/mol. The van der Waals surface area contributed by atoms with Crippen molar-refractivity contribution < 1.29 is 0 Å². The predicted molar refractivity (Wildman–Crippen MR) is 76.1 cm³/mol. The molecule has 0 atom stereocenters. The molecule has 0 saturated heterocycles. The number of nitrogens with zero attached hydrogens (tertiary/aromatic N) is 3. The van der Waals surface area contributed by atoms with Gasteiger partial charge in [0.05, 0.1) is 0 Å². The lowest BCUT2D eigenvalue weighted by Crippen LogP contribution is -2.47. The minimum atomic E-state index is 0.266. The van der Waals surface area contributed by atoms with Crippen LogP contribution >= 0.6 is 0 Å². The standard InChI is InChI=1S/C15H26N4/c1-16-15(9-5-2-6-10-15)11-14-18-17-12-19(14)13-7-3-4-8-13/h12-13,16H,2-11H2,1H3. The van der Waals surface area contributed by atoms with E-state index in [1.807, 2.05) is 6.33 Å². The summed E-state index contributed by atoms with van der Waals surface area (Å²) in [7, 11) is 2.11. The summed E-state index contributed by atoms with van der Waals surface area (Å²) < 4.78 is 2.36. The highest BCUT2D eigenvalue weighted by molar-refractivity contribution is 5.02. The summed E-state index contributed by atoms with van der Waals surface area (Å²) >= 11 is 0. The Morgan fingerprint density at radius 2 is 1.95 bits per heavy atom. The molecule has 0 aliphatic heterocycles. The van der Waals surface area contributed by atoms with Crippen LogP contribution in [0.3, 0.4) is 0 Å². The van der Waals surface area contributed by atoms with Gasteiger partial charge in [-0.2, -0.15) is 0 Å². The molecule has 2 saturated carbocycles. The van der Waals surface area contributed by atoms with E-state index in [2.05, 4.69) is 27.1 Å². The Morgan fingerprint density at radius 3 is 2.63 bits per heavy atom. The summed E-state index contributed by atoms with van der Waals surface area (Å²) in [4.78, 5) is 0. The SMILES string of the molecule is CNC1(Cc2nncn2C2CCCC2)CCCCC1. The van der Waals surface area contributed by atoms with E-state index in [1.165, 1.54) is 63.6 Å². The number of hydrogen-bond acceptors (Lipinski definition) is 3. The Hall–Kier alpha value is -0.900. The Labute approximate surface area is 116 Å². The summed E-state index contributed by atoms with van der Waals surface area (Å²) in [5.41, 5.74) is 0.266. The fourth-order valence-electron chi connectivity index (χ4n) is 3.93. The third-order valence-corrected chi connectivity index (χ3v) is 5.20. The first-order valence-electron chi connectivity index (χ1n) is 7.90. The van der Waals surface area contributed by atoms with Crippen molar-refractivity contribution >= 4 is 0 Å². The van der Waals surface area contributed by atoms with Gasteiger partial charge in [0.15, 0.2) is 0 Å². The fraction of sp³-hybridized carbons (Fsp3) is 0.867. The van der Waals surface area contributed by atoms with Gasteiger partial charge in [-0.25, -0.2) is 0 Å². The summed E-state index contributed by atoms with van der Waals surface area (Å²) in [6.07, 6.45) is 15.0. The van der Waals surface area contributed by atoms with Gasteiger partial charge >= 0.3 is 0 Å². The molecule has 0 amide bonds. The Bertz CT molecular complexity index is 400. The number of rotatable bonds is 4. The molecule has 0 spiro atoms. The van der Waals surface area contributed by atoms with E-state index in [0.717, 1.165) is 6.42 Å². The zero-order chi connectivity index (χ0) is 13.1. The molecule has 2 aliphatic rings. The van der Waals surface area contributed by atoms with E-state index in [1.54, 1.807) is 0 Å². The molecule has 0 unspecified atom stereocenters. The van der Waals surface area contributed by atoms with Crippen LogP contribution in [0, 0.1) is 0 Å². The minimum absolute atomic E-state index is 0.266. The average molecular weight is 262 g/mol. The molecule has 4 heteroatoms. The molecular weight excluding hydrogens is 236 g/mol. The van der Waals surface area contributed by atoms with Gasteiger partial charge in [0.1, 0.15) is 12.2 Å². The molecule has 4 nitrogen and oxygen atoms in total. The van der Waals surface area contributed by atoms with E-state index in [-0.39, 0.29) is 5.54 Å². The summed E-state index contributed by atoms with van der Waals surface area (Å²) in [6.45, 7) is 0. The molecule has 1 aromatic heterocycles. The molecule has 0 bridgehead atoms. The highest BCUT2D eigenvalue weighted by atomic mass is 15.3. The molecule has 0 radical (unpaired) electrons. The van der Waals surface area contributed by atoms with Crippen molar-refractivity contribution in [3.8, 4) is 0 Å². The zero-order valence-corrected chi connectivity index (χ0v) is 12.1. The van der Waals surface area contributed by atoms with Crippen LogP contribution in [0.15, 0.2) is 6.33 Å². The van der Waals surface area contributed by atoms with Crippen LogP contribution in [0.1, 0.15) is 69.7 Å². The maximum atomic E-state index is 4.42. The van der Waals surface area contributed by atoms with Gasteiger partial charge < -0.3 is 9.88 Å². The lowest BCUT2D eigenvalue weighted by molar-refractivity contribution is 0.237. The molecule has 2 aliphatic carbocycles. The van der Waals surface area contributed by atoms with Gasteiger partial charge in [-0.3, -0.25) is 0 Å². The zero-order valence-electron chi connectivity index (χ0n) is 12.1. The third kappa shape index (κ3) is 2.69. The van der Waals surface area contributed by atoms with Crippen molar-refractivity contribution in [2.24, 2.45) is 0 Å². The number of nitrogens with one attached hydrogen (secondary N) is 1. The molecule has 3 rings (SSSR count). The van der Waals surface area contributed by atoms with E-state index in [9.17, 15) is 0 Å². The van der Waals surface area contributed by atoms with E-state index >= 15 is 0 Å². The number of aromatic nitrogens is 3. The topological polar surface area (TPSA) is 42.7 Å². The smallest absolute Gasteiger partial charge is 0.134 e. The average Bonchev–Trinajstić information content (AvgIpc) is 3.10. The predicted octanol–water partition coefficient (Wildman–Crippen LogP) is 2.86. The van der Waals surface area contributed by atoms with Crippen molar-refractivity contribution in [2.45, 2.75) is 75.8 Å². The van der Waals surface area contributed by atoms with Crippen LogP contribution in [0.25, 0.3) is 0 Å². The second kappa shape index (κ2) is 5.61. The molecule has 1 N–H and O–H groups in total. The number of hydrogen-bond donors (Lipinski definition) is 1. The van der Waals surface area contributed by atoms with Crippen LogP contribution in [-0.2, 0) is 6.42 Å². The van der Waals surface area contributed by atoms with Gasteiger partial charge in [-0.1, -0.05) is 32.1 Å². The van der Waals surface area contributed by atoms with Crippen LogP contribution in [0.2, 0.25) is 0 Å². The molecule has 1 aromatic rings. The third-order valence-electron chi connectivity index (χ3n) is 5.20. The Morgan fingerprint density at radius 1 is 1.21 bits per heavy atom. The Balaban J connectivity index is 1.76. The summed E-state index contributed by atoms with van der Waals surface area (Å²) in [5.74, 6) is 1.20. The van der Waals surface area contributed by atoms with Crippen molar-refractivity contribution in [1.29, 1.82) is 0 Å². The van der Waals surface area contributed by atoms with Gasteiger partial charge in [-0.05, 0) is 32.7 Å². The molecule has 1 heterocycles. The highest BCUT2D eigenvalue weighted by Crippen LogP contribution is 2.33. The highest BCUT2D eigenvalue weighted by Gasteiger charge is 2.33. The van der Waals surface area contributed by atoms with Crippen molar-refractivity contribution in [2.75, 3.05) is 7.05 Å². The second-order valence-corrected chi connectivity index (χ2v) is 6.36. The first-order chi connectivity index (χ1) is 9.33. The maximum Gasteiger partial charge on any atom is 0.134 e. The lowest BCUT2D eigenvalue weighted by atomic mass is 9.79. The van der Waals surface area contributed by atoms with Crippen LogP contribution < -0.4 is 5.32 Å². The summed E-state index contributed by atoms with van der Waals surface area (Å²) in [6, 6.07) is 0.655. The normalized spacial score (nSPS) is 23.8. The minimum Gasteiger partial charge on any atom is -0.314 e. The first kappa shape index (κ1) is 13.1. The number of likely N-dealkylation sites (N-methyl/N-ethyl adjacent to an activating group) is 1. The first-order valence-corrected chi connectivity index (χ1v) is 7.90. The molecular formula is C15H26N4. The molecule has 106 valence electrons. The van der Waals surface area contributed by atoms with Gasteiger partial charge in [0, 0.05) is 18.0 Å². The van der Waals surface area contributed by atoms with E-state index < -0.39 is 0 Å². The van der Waals surface area contributed by atoms with Crippen molar-refractivity contribution in [3.05, 3.63) is 12.2 Å². The summed E-state index contributed by atoms with van der Waals surface area (Å²) in [5, 5.41) is 12.2. The fourth-order valence-corrected chi connectivity index (χ4v) is 3.93. The van der Waals surface area contributed by atoms with Crippen LogP contribution in [-0.4, -0.2) is 27.4 Å². The van der Waals surface area contributed by atoms with E-state index in [4.69, 9.17) is 0 Å². The lowest BCUT2D eigenvalue weighted by Gasteiger charge is -2.37. The maximum absolute atomic E-state index is 4.42. The van der Waals surface area contributed by atoms with Crippen LogP contribution in [0.4, 0.5) is 0 Å². The second-order valence-electron chi connectivity index (χ2n) is 6.36. The van der Waals surface area contributed by atoms with Crippen LogP contribution in [0.5, 0.6) is 0 Å². The molecule has 19 heavy (non-hydrogen) atoms. The Kier molecular flexibility index (Phi) is 3.87. The largest absolute Gasteiger partial charge is 0.314 e. The van der Waals surface area contributed by atoms with Crippen molar-refractivity contribution in [1.82, 2.24) is 20.1 Å². The van der Waals surface area contributed by atoms with Crippen molar-refractivity contribution in [3.63, 3.8) is 0 Å². The van der Waals surface area contributed by atoms with Gasteiger partial charge in [0.25, 0.3) is 0 Å². The van der Waals surface area contributed by atoms with Gasteiger partial charge in [0.2, 0.25) is 0 Å². The van der Waals surface area contributed by atoms with Gasteiger partial charge in [-0.15, -0.1) is 10.2 Å². The quantitative estimate of drug-likeness (QED) is 0.907.